The first-order valence-corrected chi connectivity index (χ1v) is 9.95. The molecule has 1 fully saturated rings. The molecule has 2 N–H and O–H groups in total. The first-order valence-electron chi connectivity index (χ1n) is 9.95. The zero-order valence-corrected chi connectivity index (χ0v) is 19.9. The summed E-state index contributed by atoms with van der Waals surface area (Å²) in [6, 6.07) is 7.93. The largest absolute Gasteiger partial charge is 0.489 e. The molecule has 0 radical (unpaired) electrons. The van der Waals surface area contributed by atoms with Gasteiger partial charge in [0.15, 0.2) is 5.96 Å². The Morgan fingerprint density at radius 1 is 1.24 bits per heavy atom. The number of carbonyl (C=O) groups is 1. The van der Waals surface area contributed by atoms with Crippen LogP contribution in [0.5, 0.6) is 5.75 Å². The fraction of sp³-hybridized carbons (Fsp3) is 0.524. The van der Waals surface area contributed by atoms with Crippen molar-refractivity contribution < 1.29 is 9.53 Å². The number of amides is 1. The van der Waals surface area contributed by atoms with Crippen LogP contribution in [0.25, 0.3) is 0 Å². The number of para-hydroxylation sites is 1. The Bertz CT molecular complexity index is 660. The van der Waals surface area contributed by atoms with Crippen molar-refractivity contribution in [2.45, 2.75) is 20.4 Å². The van der Waals surface area contributed by atoms with Crippen molar-refractivity contribution in [3.05, 3.63) is 42.5 Å². The van der Waals surface area contributed by atoms with Crippen molar-refractivity contribution in [1.82, 2.24) is 20.4 Å². The highest BCUT2D eigenvalue weighted by atomic mass is 127. The van der Waals surface area contributed by atoms with Crippen LogP contribution in [-0.4, -0.2) is 74.1 Å². The molecular weight excluding hydrogens is 481 g/mol. The van der Waals surface area contributed by atoms with Crippen LogP contribution in [0, 0.1) is 0 Å². The second kappa shape index (κ2) is 14.2. The Labute approximate surface area is 191 Å². The average Bonchev–Trinajstić information content (AvgIpc) is 2.71. The van der Waals surface area contributed by atoms with Gasteiger partial charge >= 0.3 is 0 Å². The summed E-state index contributed by atoms with van der Waals surface area (Å²) in [6.07, 6.45) is 1.74. The van der Waals surface area contributed by atoms with Gasteiger partial charge in [-0.15, -0.1) is 24.0 Å². The molecule has 0 aliphatic carbocycles. The number of nitrogens with one attached hydrogen (secondary N) is 2. The smallest absolute Gasteiger partial charge is 0.219 e. The number of piperazine rings is 1. The average molecular weight is 515 g/mol. The number of halogens is 1. The van der Waals surface area contributed by atoms with Crippen LogP contribution in [0.4, 0.5) is 0 Å². The normalized spacial score (nSPS) is 14.7. The van der Waals surface area contributed by atoms with Gasteiger partial charge < -0.3 is 20.3 Å². The van der Waals surface area contributed by atoms with Crippen LogP contribution in [0.3, 0.4) is 0 Å². The van der Waals surface area contributed by atoms with Crippen LogP contribution in [0.2, 0.25) is 0 Å². The standard InChI is InChI=1S/C21H33N5O2.HI/c1-4-16-28-20-9-7-6-8-19(20)17-24-21(22-5-2)23-10-11-25-12-14-26(15-13-25)18(3)27;/h4,6-9H,1,5,10-17H2,2-3H3,(H2,22,23,24);1H. The molecule has 1 aliphatic heterocycles. The van der Waals surface area contributed by atoms with Crippen molar-refractivity contribution in [2.75, 3.05) is 52.4 Å². The molecule has 8 heteroatoms. The molecule has 0 unspecified atom stereocenters. The maximum absolute atomic E-state index is 11.4. The van der Waals surface area contributed by atoms with E-state index >= 15 is 0 Å². The van der Waals surface area contributed by atoms with Crippen LogP contribution in [0.1, 0.15) is 19.4 Å². The molecule has 7 nitrogen and oxygen atoms in total. The monoisotopic (exact) mass is 515 g/mol. The lowest BCUT2D eigenvalue weighted by molar-refractivity contribution is -0.130. The SMILES string of the molecule is C=CCOc1ccccc1CN=C(NCC)NCCN1CCN(C(C)=O)CC1.I. The van der Waals surface area contributed by atoms with Gasteiger partial charge in [-0.25, -0.2) is 4.99 Å². The molecule has 1 aromatic rings. The van der Waals surface area contributed by atoms with Gasteiger partial charge in [-0.1, -0.05) is 30.9 Å². The molecule has 0 spiro atoms. The Balaban J connectivity index is 0.00000420. The lowest BCUT2D eigenvalue weighted by Crippen LogP contribution is -2.50. The molecule has 0 atom stereocenters. The number of guanidine groups is 1. The fourth-order valence-corrected chi connectivity index (χ4v) is 3.05. The summed E-state index contributed by atoms with van der Waals surface area (Å²) in [6.45, 7) is 14.4. The third kappa shape index (κ3) is 9.03. The number of benzene rings is 1. The molecule has 0 saturated carbocycles. The maximum Gasteiger partial charge on any atom is 0.219 e. The number of hydrogen-bond donors (Lipinski definition) is 2. The van der Waals surface area contributed by atoms with Gasteiger partial charge in [0.1, 0.15) is 12.4 Å². The minimum Gasteiger partial charge on any atom is -0.489 e. The van der Waals surface area contributed by atoms with Crippen molar-refractivity contribution in [2.24, 2.45) is 4.99 Å². The van der Waals surface area contributed by atoms with Gasteiger partial charge in [0.05, 0.1) is 6.54 Å². The Morgan fingerprint density at radius 2 is 1.97 bits per heavy atom. The number of carbonyl (C=O) groups excluding carboxylic acids is 1. The fourth-order valence-electron chi connectivity index (χ4n) is 3.05. The summed E-state index contributed by atoms with van der Waals surface area (Å²) in [5.74, 6) is 1.80. The Kier molecular flexibility index (Phi) is 12.4. The maximum atomic E-state index is 11.4. The van der Waals surface area contributed by atoms with Crippen molar-refractivity contribution >= 4 is 35.8 Å². The molecule has 1 aliphatic rings. The summed E-state index contributed by atoms with van der Waals surface area (Å²) < 4.78 is 5.70. The third-order valence-electron chi connectivity index (χ3n) is 4.62. The minimum atomic E-state index is 0. The molecule has 1 aromatic carbocycles. The zero-order valence-electron chi connectivity index (χ0n) is 17.5. The van der Waals surface area contributed by atoms with E-state index in [1.165, 1.54) is 0 Å². The molecule has 1 heterocycles. The Morgan fingerprint density at radius 3 is 2.62 bits per heavy atom. The van der Waals surface area contributed by atoms with Crippen molar-refractivity contribution in [3.63, 3.8) is 0 Å². The van der Waals surface area contributed by atoms with Crippen molar-refractivity contribution in [3.8, 4) is 5.75 Å². The highest BCUT2D eigenvalue weighted by Crippen LogP contribution is 2.18. The summed E-state index contributed by atoms with van der Waals surface area (Å²) in [4.78, 5) is 20.4. The third-order valence-corrected chi connectivity index (χ3v) is 4.62. The molecule has 162 valence electrons. The lowest BCUT2D eigenvalue weighted by Gasteiger charge is -2.34. The van der Waals surface area contributed by atoms with Gasteiger partial charge in [0.25, 0.3) is 0 Å². The quantitative estimate of drug-likeness (QED) is 0.228. The number of ether oxygens (including phenoxy) is 1. The second-order valence-corrected chi connectivity index (χ2v) is 6.68. The van der Waals surface area contributed by atoms with E-state index in [1.54, 1.807) is 13.0 Å². The highest BCUT2D eigenvalue weighted by Gasteiger charge is 2.17. The van der Waals surface area contributed by atoms with Gasteiger partial charge in [-0.05, 0) is 13.0 Å². The molecule has 0 aromatic heterocycles. The van der Waals surface area contributed by atoms with Crippen LogP contribution >= 0.6 is 24.0 Å². The van der Waals surface area contributed by atoms with Gasteiger partial charge in [-0.3, -0.25) is 9.69 Å². The van der Waals surface area contributed by atoms with E-state index in [0.29, 0.717) is 13.2 Å². The summed E-state index contributed by atoms with van der Waals surface area (Å²) in [7, 11) is 0. The molecular formula is C21H34IN5O2. The summed E-state index contributed by atoms with van der Waals surface area (Å²) >= 11 is 0. The van der Waals surface area contributed by atoms with E-state index in [-0.39, 0.29) is 29.9 Å². The molecule has 1 saturated heterocycles. The molecule has 1 amide bonds. The number of nitrogens with zero attached hydrogens (tertiary/aromatic N) is 3. The first-order chi connectivity index (χ1) is 13.6. The predicted octanol–water partition coefficient (Wildman–Crippen LogP) is 2.09. The number of hydrogen-bond acceptors (Lipinski definition) is 4. The minimum absolute atomic E-state index is 0. The van der Waals surface area contributed by atoms with Crippen LogP contribution in [0.15, 0.2) is 41.9 Å². The number of aliphatic imine (C=N–C) groups is 1. The predicted molar refractivity (Wildman–Crippen MR) is 129 cm³/mol. The molecule has 29 heavy (non-hydrogen) atoms. The zero-order chi connectivity index (χ0) is 20.2. The molecule has 2 rings (SSSR count). The van der Waals surface area contributed by atoms with E-state index in [1.807, 2.05) is 29.2 Å². The Hall–Kier alpha value is -1.81. The molecule has 0 bridgehead atoms. The van der Waals surface area contributed by atoms with E-state index in [9.17, 15) is 4.79 Å². The van der Waals surface area contributed by atoms with E-state index in [2.05, 4.69) is 34.0 Å². The van der Waals surface area contributed by atoms with Gasteiger partial charge in [0.2, 0.25) is 5.91 Å². The van der Waals surface area contributed by atoms with Crippen molar-refractivity contribution in [1.29, 1.82) is 0 Å². The van der Waals surface area contributed by atoms with E-state index in [4.69, 9.17) is 4.74 Å². The van der Waals surface area contributed by atoms with Gasteiger partial charge in [-0.2, -0.15) is 0 Å². The first kappa shape index (κ1) is 25.2. The second-order valence-electron chi connectivity index (χ2n) is 6.68. The number of rotatable bonds is 9. The van der Waals surface area contributed by atoms with Crippen LogP contribution < -0.4 is 15.4 Å². The highest BCUT2D eigenvalue weighted by molar-refractivity contribution is 14.0. The summed E-state index contributed by atoms with van der Waals surface area (Å²) in [5.41, 5.74) is 1.04. The van der Waals surface area contributed by atoms with Crippen LogP contribution in [-0.2, 0) is 11.3 Å². The summed E-state index contributed by atoms with van der Waals surface area (Å²) in [5, 5.41) is 6.68. The topological polar surface area (TPSA) is 69.2 Å². The van der Waals surface area contributed by atoms with E-state index in [0.717, 1.165) is 63.1 Å². The van der Waals surface area contributed by atoms with Gasteiger partial charge in [0, 0.05) is 58.3 Å². The van der Waals surface area contributed by atoms with E-state index < -0.39 is 0 Å². The lowest BCUT2D eigenvalue weighted by atomic mass is 10.2.